The molecule has 118 valence electrons. The van der Waals surface area contributed by atoms with Gasteiger partial charge in [-0.05, 0) is 30.3 Å². The van der Waals surface area contributed by atoms with Gasteiger partial charge in [-0.15, -0.1) is 11.8 Å². The predicted octanol–water partition coefficient (Wildman–Crippen LogP) is 3.50. The maximum absolute atomic E-state index is 11.7. The monoisotopic (exact) mass is 346 g/mol. The second-order valence-electron chi connectivity index (χ2n) is 4.56. The van der Waals surface area contributed by atoms with Crippen LogP contribution < -0.4 is 10.1 Å². The quantitative estimate of drug-likeness (QED) is 0.615. The number of thioether (sulfide) groups is 1. The van der Waals surface area contributed by atoms with E-state index in [0.717, 1.165) is 5.75 Å². The van der Waals surface area contributed by atoms with E-state index in [0.29, 0.717) is 22.9 Å². The van der Waals surface area contributed by atoms with Crippen LogP contribution in [0.25, 0.3) is 0 Å². The molecule has 0 unspecified atom stereocenters. The van der Waals surface area contributed by atoms with Crippen molar-refractivity contribution in [3.8, 4) is 11.8 Å². The third-order valence-corrected chi connectivity index (χ3v) is 4.17. The van der Waals surface area contributed by atoms with Crippen molar-refractivity contribution < 1.29 is 9.53 Å². The van der Waals surface area contributed by atoms with Crippen molar-refractivity contribution in [1.29, 1.82) is 5.26 Å². The van der Waals surface area contributed by atoms with Crippen LogP contribution in [0.1, 0.15) is 5.56 Å². The summed E-state index contributed by atoms with van der Waals surface area (Å²) in [6, 6.07) is 16.7. The molecule has 0 aliphatic rings. The van der Waals surface area contributed by atoms with Gasteiger partial charge in [-0.1, -0.05) is 29.8 Å². The number of rotatable bonds is 7. The summed E-state index contributed by atoms with van der Waals surface area (Å²) in [6.45, 7) is 0.449. The van der Waals surface area contributed by atoms with Gasteiger partial charge < -0.3 is 10.1 Å². The van der Waals surface area contributed by atoms with E-state index in [1.165, 1.54) is 11.0 Å². The van der Waals surface area contributed by atoms with Gasteiger partial charge in [0.2, 0.25) is 0 Å². The molecule has 2 aromatic rings. The highest BCUT2D eigenvalue weighted by Gasteiger charge is 2.06. The average Bonchev–Trinajstić information content (AvgIpc) is 2.58. The molecule has 0 aromatic heterocycles. The molecule has 0 aliphatic carbocycles. The molecule has 23 heavy (non-hydrogen) atoms. The molecular weight excluding hydrogens is 332 g/mol. The lowest BCUT2D eigenvalue weighted by Gasteiger charge is -2.09. The van der Waals surface area contributed by atoms with Gasteiger partial charge in [-0.3, -0.25) is 4.79 Å². The zero-order valence-corrected chi connectivity index (χ0v) is 13.9. The lowest BCUT2D eigenvalue weighted by Crippen LogP contribution is -2.30. The maximum atomic E-state index is 11.7. The summed E-state index contributed by atoms with van der Waals surface area (Å²) in [7, 11) is 0. The predicted molar refractivity (Wildman–Crippen MR) is 91.8 cm³/mol. The summed E-state index contributed by atoms with van der Waals surface area (Å²) >= 11 is 7.65. The van der Waals surface area contributed by atoms with Crippen LogP contribution in [-0.2, 0) is 4.79 Å². The van der Waals surface area contributed by atoms with E-state index in [-0.39, 0.29) is 12.5 Å². The Labute approximate surface area is 144 Å². The molecule has 4 nitrogen and oxygen atoms in total. The number of halogens is 1. The minimum Gasteiger partial charge on any atom is -0.482 e. The molecule has 0 radical (unpaired) electrons. The minimum absolute atomic E-state index is 0.110. The number of amides is 1. The number of nitriles is 1. The van der Waals surface area contributed by atoms with Gasteiger partial charge in [0.15, 0.2) is 6.61 Å². The zero-order valence-electron chi connectivity index (χ0n) is 12.3. The van der Waals surface area contributed by atoms with Crippen LogP contribution in [-0.4, -0.2) is 24.8 Å². The zero-order chi connectivity index (χ0) is 16.5. The van der Waals surface area contributed by atoms with E-state index in [1.54, 1.807) is 23.9 Å². The Morgan fingerprint density at radius 3 is 2.74 bits per heavy atom. The van der Waals surface area contributed by atoms with Gasteiger partial charge in [-0.25, -0.2) is 0 Å². The van der Waals surface area contributed by atoms with Crippen molar-refractivity contribution in [3.05, 3.63) is 59.1 Å². The molecule has 0 bridgehead atoms. The van der Waals surface area contributed by atoms with Crippen molar-refractivity contribution in [2.24, 2.45) is 0 Å². The van der Waals surface area contributed by atoms with Crippen molar-refractivity contribution in [1.82, 2.24) is 5.32 Å². The van der Waals surface area contributed by atoms with Crippen LogP contribution in [0, 0.1) is 11.3 Å². The van der Waals surface area contributed by atoms with Gasteiger partial charge in [-0.2, -0.15) is 5.26 Å². The van der Waals surface area contributed by atoms with Crippen molar-refractivity contribution in [2.45, 2.75) is 4.90 Å². The summed E-state index contributed by atoms with van der Waals surface area (Å²) < 4.78 is 5.35. The second kappa shape index (κ2) is 9.09. The van der Waals surface area contributed by atoms with Crippen LogP contribution in [0.15, 0.2) is 53.4 Å². The lowest BCUT2D eigenvalue weighted by molar-refractivity contribution is -0.122. The standard InChI is InChI=1S/C17H15ClN2O2S/c18-15-10-13(11-19)6-7-16(15)22-12-17(21)20-8-9-23-14-4-2-1-3-5-14/h1-7,10H,8-9,12H2,(H,20,21). The fourth-order valence-electron chi connectivity index (χ4n) is 1.76. The molecule has 2 aromatic carbocycles. The second-order valence-corrected chi connectivity index (χ2v) is 6.13. The van der Waals surface area contributed by atoms with E-state index in [4.69, 9.17) is 21.6 Å². The fourth-order valence-corrected chi connectivity index (χ4v) is 2.78. The lowest BCUT2D eigenvalue weighted by atomic mass is 10.2. The molecule has 0 saturated heterocycles. The van der Waals surface area contributed by atoms with Crippen LogP contribution >= 0.6 is 23.4 Å². The first-order valence-corrected chi connectivity index (χ1v) is 8.32. The third-order valence-electron chi connectivity index (χ3n) is 2.86. The molecule has 0 fully saturated rings. The van der Waals surface area contributed by atoms with Crippen LogP contribution in [0.2, 0.25) is 5.02 Å². The smallest absolute Gasteiger partial charge is 0.257 e. The Balaban J connectivity index is 1.68. The number of nitrogens with zero attached hydrogens (tertiary/aromatic N) is 1. The minimum atomic E-state index is -0.209. The van der Waals surface area contributed by atoms with E-state index in [1.807, 2.05) is 36.4 Å². The number of carbonyl (C=O) groups is 1. The van der Waals surface area contributed by atoms with Gasteiger partial charge in [0, 0.05) is 17.2 Å². The number of hydrogen-bond donors (Lipinski definition) is 1. The van der Waals surface area contributed by atoms with E-state index in [9.17, 15) is 4.79 Å². The SMILES string of the molecule is N#Cc1ccc(OCC(=O)NCCSc2ccccc2)c(Cl)c1. The number of carbonyl (C=O) groups excluding carboxylic acids is 1. The summed E-state index contributed by atoms with van der Waals surface area (Å²) in [5, 5.41) is 11.9. The Hall–Kier alpha value is -2.16. The first kappa shape index (κ1) is 17.2. The molecule has 0 aliphatic heterocycles. The van der Waals surface area contributed by atoms with Crippen LogP contribution in [0.4, 0.5) is 0 Å². The first-order chi connectivity index (χ1) is 11.2. The molecule has 2 rings (SSSR count). The largest absolute Gasteiger partial charge is 0.482 e. The number of benzene rings is 2. The van der Waals surface area contributed by atoms with Gasteiger partial charge in [0.25, 0.3) is 5.91 Å². The Morgan fingerprint density at radius 1 is 1.26 bits per heavy atom. The van der Waals surface area contributed by atoms with E-state index in [2.05, 4.69) is 5.32 Å². The van der Waals surface area contributed by atoms with Gasteiger partial charge in [0.1, 0.15) is 5.75 Å². The molecule has 0 atom stereocenters. The van der Waals surface area contributed by atoms with Gasteiger partial charge >= 0.3 is 0 Å². The molecule has 6 heteroatoms. The average molecular weight is 347 g/mol. The van der Waals surface area contributed by atoms with Crippen molar-refractivity contribution in [2.75, 3.05) is 18.9 Å². The molecule has 1 N–H and O–H groups in total. The van der Waals surface area contributed by atoms with Crippen molar-refractivity contribution in [3.63, 3.8) is 0 Å². The Bertz CT molecular complexity index is 701. The Morgan fingerprint density at radius 2 is 2.04 bits per heavy atom. The molecule has 1 amide bonds. The number of nitrogens with one attached hydrogen (secondary N) is 1. The topological polar surface area (TPSA) is 62.1 Å². The molecule has 0 saturated carbocycles. The molecule has 0 spiro atoms. The summed E-state index contributed by atoms with van der Waals surface area (Å²) in [4.78, 5) is 12.9. The first-order valence-electron chi connectivity index (χ1n) is 6.96. The van der Waals surface area contributed by atoms with Crippen LogP contribution in [0.3, 0.4) is 0 Å². The number of hydrogen-bond acceptors (Lipinski definition) is 4. The fraction of sp³-hybridized carbons (Fsp3) is 0.176. The van der Waals surface area contributed by atoms with Gasteiger partial charge in [0.05, 0.1) is 16.7 Å². The van der Waals surface area contributed by atoms with E-state index < -0.39 is 0 Å². The highest BCUT2D eigenvalue weighted by atomic mass is 35.5. The van der Waals surface area contributed by atoms with Crippen molar-refractivity contribution >= 4 is 29.3 Å². The van der Waals surface area contributed by atoms with Crippen LogP contribution in [0.5, 0.6) is 5.75 Å². The molecular formula is C17H15ClN2O2S. The van der Waals surface area contributed by atoms with E-state index >= 15 is 0 Å². The normalized spacial score (nSPS) is 9.91. The highest BCUT2D eigenvalue weighted by molar-refractivity contribution is 7.99. The summed E-state index contributed by atoms with van der Waals surface area (Å²) in [5.41, 5.74) is 0.449. The Kier molecular flexibility index (Phi) is 6.79. The number of ether oxygens (including phenoxy) is 1. The summed E-state index contributed by atoms with van der Waals surface area (Å²) in [6.07, 6.45) is 0. The third kappa shape index (κ3) is 5.85. The molecule has 0 heterocycles. The summed E-state index contributed by atoms with van der Waals surface area (Å²) in [5.74, 6) is 0.964. The maximum Gasteiger partial charge on any atom is 0.257 e. The highest BCUT2D eigenvalue weighted by Crippen LogP contribution is 2.25.